The van der Waals surface area contributed by atoms with Crippen molar-refractivity contribution < 1.29 is 4.79 Å². The van der Waals surface area contributed by atoms with Crippen molar-refractivity contribution in [1.82, 2.24) is 0 Å². The monoisotopic (exact) mass is 372 g/mol. The van der Waals surface area contributed by atoms with Gasteiger partial charge in [0.2, 0.25) is 0 Å². The summed E-state index contributed by atoms with van der Waals surface area (Å²) in [7, 11) is 0. The van der Waals surface area contributed by atoms with Crippen LogP contribution in [0.15, 0.2) is 66.7 Å². The number of allylic oxidation sites excluding steroid dienone is 1. The van der Waals surface area contributed by atoms with Crippen molar-refractivity contribution in [1.29, 1.82) is 0 Å². The first-order valence-corrected chi connectivity index (χ1v) is 9.68. The van der Waals surface area contributed by atoms with E-state index in [1.54, 1.807) is 0 Å². The Bertz CT molecular complexity index is 1010. The predicted octanol–water partition coefficient (Wildman–Crippen LogP) is 6.76. The second kappa shape index (κ2) is 7.54. The second-order valence-corrected chi connectivity index (χ2v) is 7.55. The first-order valence-electron chi connectivity index (χ1n) is 9.30. The maximum atomic E-state index is 11.3. The molecule has 0 fully saturated rings. The van der Waals surface area contributed by atoms with Gasteiger partial charge in [-0.1, -0.05) is 65.7 Å². The predicted molar refractivity (Wildman–Crippen MR) is 113 cm³/mol. The van der Waals surface area contributed by atoms with E-state index in [1.165, 1.54) is 39.0 Å². The van der Waals surface area contributed by atoms with Crippen LogP contribution in [0.25, 0.3) is 11.1 Å². The van der Waals surface area contributed by atoms with Crippen LogP contribution in [0.4, 0.5) is 0 Å². The van der Waals surface area contributed by atoms with Gasteiger partial charge in [0.15, 0.2) is 0 Å². The lowest BCUT2D eigenvalue weighted by molar-refractivity contribution is 0.112. The molecule has 4 rings (SSSR count). The van der Waals surface area contributed by atoms with E-state index in [1.807, 2.05) is 24.3 Å². The molecule has 134 valence electrons. The molecule has 1 aliphatic carbocycles. The number of halogens is 1. The number of aldehydes is 1. The van der Waals surface area contributed by atoms with E-state index in [0.717, 1.165) is 36.1 Å². The molecular formula is C25H21ClO. The highest BCUT2D eigenvalue weighted by molar-refractivity contribution is 6.30. The highest BCUT2D eigenvalue weighted by Gasteiger charge is 2.20. The Morgan fingerprint density at radius 3 is 2.26 bits per heavy atom. The van der Waals surface area contributed by atoms with Gasteiger partial charge >= 0.3 is 0 Å². The summed E-state index contributed by atoms with van der Waals surface area (Å²) in [6.45, 7) is 2.11. The van der Waals surface area contributed by atoms with Gasteiger partial charge in [-0.2, -0.15) is 0 Å². The van der Waals surface area contributed by atoms with Gasteiger partial charge in [-0.05, 0) is 77.8 Å². The van der Waals surface area contributed by atoms with Crippen molar-refractivity contribution in [3.05, 3.63) is 105 Å². The van der Waals surface area contributed by atoms with Crippen molar-refractivity contribution >= 4 is 29.0 Å². The lowest BCUT2D eigenvalue weighted by Crippen LogP contribution is -1.97. The lowest BCUT2D eigenvalue weighted by atomic mass is 9.87. The second-order valence-electron chi connectivity index (χ2n) is 7.11. The molecule has 0 saturated heterocycles. The molecule has 0 aromatic heterocycles. The standard InChI is InChI=1S/C25H21ClO/c1-17-5-8-20(9-6-17)25-23(19-10-12-22(26)13-11-19)4-2-3-21-15-18(16-27)7-14-24(21)25/h5-16H,2-4H2,1H3. The summed E-state index contributed by atoms with van der Waals surface area (Å²) < 4.78 is 0. The topological polar surface area (TPSA) is 17.1 Å². The maximum absolute atomic E-state index is 11.3. The summed E-state index contributed by atoms with van der Waals surface area (Å²) in [5.41, 5.74) is 9.50. The minimum Gasteiger partial charge on any atom is -0.298 e. The van der Waals surface area contributed by atoms with Gasteiger partial charge in [-0.15, -0.1) is 0 Å². The summed E-state index contributed by atoms with van der Waals surface area (Å²) in [5, 5.41) is 0.751. The minimum absolute atomic E-state index is 0.743. The number of carbonyl (C=O) groups excluding carboxylic acids is 1. The van der Waals surface area contributed by atoms with Gasteiger partial charge < -0.3 is 0 Å². The summed E-state index contributed by atoms with van der Waals surface area (Å²) in [4.78, 5) is 11.3. The average molecular weight is 373 g/mol. The summed E-state index contributed by atoms with van der Waals surface area (Å²) in [5.74, 6) is 0. The fraction of sp³-hybridized carbons (Fsp3) is 0.160. The van der Waals surface area contributed by atoms with E-state index >= 15 is 0 Å². The van der Waals surface area contributed by atoms with Crippen LogP contribution in [0, 0.1) is 6.92 Å². The minimum atomic E-state index is 0.743. The van der Waals surface area contributed by atoms with Crippen LogP contribution >= 0.6 is 11.6 Å². The molecule has 27 heavy (non-hydrogen) atoms. The van der Waals surface area contributed by atoms with E-state index in [4.69, 9.17) is 11.6 Å². The molecule has 0 bridgehead atoms. The van der Waals surface area contributed by atoms with Crippen LogP contribution in [0.1, 0.15) is 51.0 Å². The first-order chi connectivity index (χ1) is 13.2. The smallest absolute Gasteiger partial charge is 0.150 e. The van der Waals surface area contributed by atoms with Crippen molar-refractivity contribution in [2.75, 3.05) is 0 Å². The van der Waals surface area contributed by atoms with Crippen molar-refractivity contribution in [3.63, 3.8) is 0 Å². The number of carbonyl (C=O) groups is 1. The Morgan fingerprint density at radius 2 is 1.56 bits per heavy atom. The Morgan fingerprint density at radius 1 is 0.852 bits per heavy atom. The zero-order chi connectivity index (χ0) is 18.8. The van der Waals surface area contributed by atoms with Crippen LogP contribution < -0.4 is 0 Å². The van der Waals surface area contributed by atoms with Gasteiger partial charge in [0.1, 0.15) is 6.29 Å². The van der Waals surface area contributed by atoms with Crippen molar-refractivity contribution in [2.24, 2.45) is 0 Å². The molecule has 0 atom stereocenters. The van der Waals surface area contributed by atoms with Crippen LogP contribution in [-0.4, -0.2) is 6.29 Å². The van der Waals surface area contributed by atoms with Gasteiger partial charge in [-0.25, -0.2) is 0 Å². The van der Waals surface area contributed by atoms with Crippen LogP contribution in [0.5, 0.6) is 0 Å². The van der Waals surface area contributed by atoms with Crippen LogP contribution in [-0.2, 0) is 6.42 Å². The number of fused-ring (bicyclic) bond motifs is 1. The van der Waals surface area contributed by atoms with E-state index < -0.39 is 0 Å². The van der Waals surface area contributed by atoms with Gasteiger partial charge in [0.25, 0.3) is 0 Å². The number of hydrogen-bond donors (Lipinski definition) is 0. The Labute approximate surface area is 165 Å². The third kappa shape index (κ3) is 3.61. The highest BCUT2D eigenvalue weighted by atomic mass is 35.5. The van der Waals surface area contributed by atoms with Gasteiger partial charge in [0.05, 0.1) is 0 Å². The summed E-state index contributed by atoms with van der Waals surface area (Å²) in [6, 6.07) is 22.9. The fourth-order valence-corrected chi connectivity index (χ4v) is 4.00. The molecule has 0 radical (unpaired) electrons. The molecular weight excluding hydrogens is 352 g/mol. The Balaban J connectivity index is 1.99. The quantitative estimate of drug-likeness (QED) is 0.464. The fourth-order valence-electron chi connectivity index (χ4n) is 3.87. The zero-order valence-corrected chi connectivity index (χ0v) is 16.1. The first kappa shape index (κ1) is 17.8. The Hall–Kier alpha value is -2.64. The third-order valence-corrected chi connectivity index (χ3v) is 5.49. The third-order valence-electron chi connectivity index (χ3n) is 5.24. The average Bonchev–Trinajstić information content (AvgIpc) is 2.88. The van der Waals surface area contributed by atoms with Crippen molar-refractivity contribution in [2.45, 2.75) is 26.2 Å². The lowest BCUT2D eigenvalue weighted by Gasteiger charge is -2.17. The van der Waals surface area contributed by atoms with E-state index in [-0.39, 0.29) is 0 Å². The zero-order valence-electron chi connectivity index (χ0n) is 15.3. The molecule has 2 heteroatoms. The molecule has 0 heterocycles. The van der Waals surface area contributed by atoms with Crippen LogP contribution in [0.3, 0.4) is 0 Å². The largest absolute Gasteiger partial charge is 0.298 e. The molecule has 3 aromatic carbocycles. The molecule has 0 saturated carbocycles. The Kier molecular flexibility index (Phi) is 4.96. The van der Waals surface area contributed by atoms with Gasteiger partial charge in [-0.3, -0.25) is 4.79 Å². The molecule has 1 nitrogen and oxygen atoms in total. The van der Waals surface area contributed by atoms with E-state index in [0.29, 0.717) is 0 Å². The molecule has 0 unspecified atom stereocenters. The van der Waals surface area contributed by atoms with E-state index in [2.05, 4.69) is 49.4 Å². The number of aryl methyl sites for hydroxylation is 2. The molecule has 0 N–H and O–H groups in total. The summed E-state index contributed by atoms with van der Waals surface area (Å²) >= 11 is 6.12. The number of benzene rings is 3. The number of rotatable bonds is 3. The highest BCUT2D eigenvalue weighted by Crippen LogP contribution is 2.40. The van der Waals surface area contributed by atoms with Crippen LogP contribution in [0.2, 0.25) is 5.02 Å². The van der Waals surface area contributed by atoms with Gasteiger partial charge in [0, 0.05) is 10.6 Å². The van der Waals surface area contributed by atoms with E-state index in [9.17, 15) is 4.79 Å². The summed E-state index contributed by atoms with van der Waals surface area (Å²) in [6.07, 6.45) is 3.96. The number of hydrogen-bond acceptors (Lipinski definition) is 1. The maximum Gasteiger partial charge on any atom is 0.150 e. The molecule has 0 aliphatic heterocycles. The van der Waals surface area contributed by atoms with Crippen molar-refractivity contribution in [3.8, 4) is 0 Å². The molecule has 0 amide bonds. The molecule has 0 spiro atoms. The molecule has 3 aromatic rings. The normalized spacial score (nSPS) is 13.9. The molecule has 1 aliphatic rings. The SMILES string of the molecule is Cc1ccc(C2=C(c3ccc(Cl)cc3)CCCc3cc(C=O)ccc32)cc1.